The largest absolute Gasteiger partial charge is 0.516 e. The van der Waals surface area contributed by atoms with E-state index in [0.29, 0.717) is 30.5 Å². The van der Waals surface area contributed by atoms with Gasteiger partial charge in [0.05, 0.1) is 29.5 Å². The molecule has 1 fully saturated rings. The van der Waals surface area contributed by atoms with Crippen LogP contribution in [0.15, 0.2) is 35.6 Å². The van der Waals surface area contributed by atoms with E-state index in [1.165, 1.54) is 22.7 Å². The molecule has 0 spiro atoms. The number of pyridine rings is 1. The highest BCUT2D eigenvalue weighted by atomic mass is 35.5. The van der Waals surface area contributed by atoms with Gasteiger partial charge in [-0.25, -0.2) is 18.1 Å². The summed E-state index contributed by atoms with van der Waals surface area (Å²) in [6, 6.07) is 5.06. The number of fused-ring (bicyclic) bond motifs is 1. The Morgan fingerprint density at radius 3 is 2.50 bits per heavy atom. The van der Waals surface area contributed by atoms with Crippen LogP contribution in [-0.4, -0.2) is 52.4 Å². The fraction of sp³-hybridized carbons (Fsp3) is 0.375. The Morgan fingerprint density at radius 1 is 1.15 bits per heavy atom. The van der Waals surface area contributed by atoms with Crippen LogP contribution in [-0.2, 0) is 23.0 Å². The molecule has 2 aliphatic rings. The summed E-state index contributed by atoms with van der Waals surface area (Å²) in [5.41, 5.74) is -4.81. The molecule has 9 nitrogen and oxygen atoms in total. The van der Waals surface area contributed by atoms with Crippen molar-refractivity contribution in [3.8, 4) is 0 Å². The molecule has 3 aromatic rings. The molecule has 0 radical (unpaired) electrons. The minimum Gasteiger partial charge on any atom is -0.347 e. The topological polar surface area (TPSA) is 99.4 Å². The molecule has 0 unspecified atom stereocenters. The van der Waals surface area contributed by atoms with E-state index in [2.05, 4.69) is 15.4 Å². The maximum absolute atomic E-state index is 15.1. The molecule has 3 heterocycles. The van der Waals surface area contributed by atoms with Crippen LogP contribution in [0.3, 0.4) is 0 Å². The number of imidazole rings is 1. The van der Waals surface area contributed by atoms with Crippen molar-refractivity contribution in [3.63, 3.8) is 0 Å². The zero-order valence-electron chi connectivity index (χ0n) is 20.8. The van der Waals surface area contributed by atoms with Crippen LogP contribution in [0.25, 0.3) is 5.65 Å². The average Bonchev–Trinajstić information content (AvgIpc) is 3.66. The van der Waals surface area contributed by atoms with Crippen molar-refractivity contribution in [2.45, 2.75) is 38.2 Å². The van der Waals surface area contributed by atoms with Crippen LogP contribution in [0, 0.1) is 17.6 Å². The maximum atomic E-state index is 15.1. The number of anilines is 1. The lowest BCUT2D eigenvalue weighted by molar-refractivity contribution is -0.0473. The molecule has 0 saturated heterocycles. The third-order valence-electron chi connectivity index (χ3n) is 6.53. The van der Waals surface area contributed by atoms with E-state index in [-0.39, 0.29) is 45.3 Å². The average molecular weight is 605 g/mol. The van der Waals surface area contributed by atoms with Gasteiger partial charge in [-0.1, -0.05) is 24.6 Å². The quantitative estimate of drug-likeness (QED) is 0.402. The normalized spacial score (nSPS) is 16.4. The third-order valence-corrected chi connectivity index (χ3v) is 8.27. The Morgan fingerprint density at radius 2 is 1.88 bits per heavy atom. The van der Waals surface area contributed by atoms with Crippen molar-refractivity contribution < 1.29 is 35.2 Å². The number of alkyl halides is 3. The molecule has 214 valence electrons. The maximum Gasteiger partial charge on any atom is 0.516 e. The SMILES string of the molecule is CCc1nc2c(F)cc(Cl)cn2c1C(=O)NCc1ccc(N2CCN(S(=O)(=O)C(F)(F)F)C(C3CC3)=N2)c(F)c1. The molecule has 0 bridgehead atoms. The summed E-state index contributed by atoms with van der Waals surface area (Å²) in [7, 11) is -5.63. The molecule has 1 aromatic carbocycles. The fourth-order valence-electron chi connectivity index (χ4n) is 4.44. The second-order valence-electron chi connectivity index (χ2n) is 9.31. The number of aryl methyl sites for hydroxylation is 1. The molecule has 1 saturated carbocycles. The van der Waals surface area contributed by atoms with E-state index in [1.807, 2.05) is 0 Å². The molecule has 1 amide bonds. The predicted octanol–water partition coefficient (Wildman–Crippen LogP) is 4.45. The fourth-order valence-corrected chi connectivity index (χ4v) is 5.63. The van der Waals surface area contributed by atoms with Gasteiger partial charge < -0.3 is 5.32 Å². The number of nitrogens with zero attached hydrogens (tertiary/aromatic N) is 5. The van der Waals surface area contributed by atoms with Gasteiger partial charge in [-0.15, -0.1) is 0 Å². The number of amidine groups is 1. The van der Waals surface area contributed by atoms with E-state index in [4.69, 9.17) is 11.6 Å². The van der Waals surface area contributed by atoms with Gasteiger partial charge in [0.1, 0.15) is 17.3 Å². The molecule has 1 N–H and O–H groups in total. The number of nitrogens with one attached hydrogen (secondary N) is 1. The predicted molar refractivity (Wildman–Crippen MR) is 136 cm³/mol. The lowest BCUT2D eigenvalue weighted by Gasteiger charge is -2.34. The van der Waals surface area contributed by atoms with Gasteiger partial charge >= 0.3 is 15.5 Å². The first-order valence-corrected chi connectivity index (χ1v) is 14.0. The minimum atomic E-state index is -5.63. The molecule has 2 aromatic heterocycles. The van der Waals surface area contributed by atoms with Crippen molar-refractivity contribution in [2.75, 3.05) is 18.1 Å². The Bertz CT molecular complexity index is 1640. The number of carbonyl (C=O) groups is 1. The zero-order chi connectivity index (χ0) is 29.0. The Balaban J connectivity index is 1.35. The Kier molecular flexibility index (Phi) is 7.15. The first-order valence-electron chi connectivity index (χ1n) is 12.2. The number of amides is 1. The molecular weight excluding hydrogens is 583 g/mol. The second-order valence-corrected chi connectivity index (χ2v) is 11.6. The van der Waals surface area contributed by atoms with E-state index in [0.717, 1.165) is 17.1 Å². The summed E-state index contributed by atoms with van der Waals surface area (Å²) >= 11 is 5.94. The van der Waals surface area contributed by atoms with Crippen LogP contribution in [0.1, 0.15) is 41.5 Å². The Labute approximate surface area is 230 Å². The van der Waals surface area contributed by atoms with Crippen LogP contribution in [0.4, 0.5) is 27.6 Å². The van der Waals surface area contributed by atoms with Crippen molar-refractivity contribution in [1.82, 2.24) is 19.0 Å². The summed E-state index contributed by atoms with van der Waals surface area (Å²) in [5.74, 6) is -2.78. The van der Waals surface area contributed by atoms with Crippen LogP contribution >= 0.6 is 11.6 Å². The highest BCUT2D eigenvalue weighted by Crippen LogP contribution is 2.38. The number of aromatic nitrogens is 2. The van der Waals surface area contributed by atoms with E-state index >= 15 is 4.39 Å². The number of hydrogen-bond donors (Lipinski definition) is 1. The summed E-state index contributed by atoms with van der Waals surface area (Å²) in [6.07, 6.45) is 2.66. The van der Waals surface area contributed by atoms with E-state index < -0.39 is 45.5 Å². The zero-order valence-corrected chi connectivity index (χ0v) is 22.4. The summed E-state index contributed by atoms with van der Waals surface area (Å²) < 4.78 is 94.4. The van der Waals surface area contributed by atoms with Crippen LogP contribution in [0.2, 0.25) is 5.02 Å². The molecule has 40 heavy (non-hydrogen) atoms. The summed E-state index contributed by atoms with van der Waals surface area (Å²) in [6.45, 7) is 0.801. The number of carbonyl (C=O) groups excluding carboxylic acids is 1. The van der Waals surface area contributed by atoms with Crippen molar-refractivity contribution >= 4 is 44.7 Å². The number of sulfonamides is 1. The lowest BCUT2D eigenvalue weighted by atomic mass is 10.1. The number of rotatable bonds is 7. The lowest BCUT2D eigenvalue weighted by Crippen LogP contribution is -2.51. The smallest absolute Gasteiger partial charge is 0.347 e. The highest BCUT2D eigenvalue weighted by molar-refractivity contribution is 7.90. The standard InChI is InChI=1S/C24H22ClF5N6O3S/c1-2-18-20(34-12-15(25)10-17(27)22(34)32-18)23(37)31-11-13-3-6-19(16(26)9-13)35-7-8-36(21(33-35)14-4-5-14)40(38,39)24(28,29)30/h3,6,9-10,12,14H,2,4-5,7-8,11H2,1H3,(H,31,37). The van der Waals surface area contributed by atoms with Crippen LogP contribution < -0.4 is 10.3 Å². The Hall–Kier alpha value is -3.46. The second kappa shape index (κ2) is 10.2. The van der Waals surface area contributed by atoms with E-state index in [9.17, 15) is 30.8 Å². The van der Waals surface area contributed by atoms with Crippen LogP contribution in [0.5, 0.6) is 0 Å². The van der Waals surface area contributed by atoms with Crippen molar-refractivity contribution in [3.05, 3.63) is 64.1 Å². The van der Waals surface area contributed by atoms with E-state index in [1.54, 1.807) is 6.92 Å². The molecule has 0 atom stereocenters. The molecule has 16 heteroatoms. The number of benzene rings is 1. The van der Waals surface area contributed by atoms with Crippen molar-refractivity contribution in [1.29, 1.82) is 0 Å². The number of hydrazone groups is 1. The summed E-state index contributed by atoms with van der Waals surface area (Å²) in [5, 5.41) is 7.93. The first-order chi connectivity index (χ1) is 18.8. The van der Waals surface area contributed by atoms with Gasteiger partial charge in [0.15, 0.2) is 11.5 Å². The number of halogens is 6. The van der Waals surface area contributed by atoms with Gasteiger partial charge in [0.25, 0.3) is 5.91 Å². The van der Waals surface area contributed by atoms with Gasteiger partial charge in [-0.2, -0.15) is 26.7 Å². The monoisotopic (exact) mass is 604 g/mol. The highest BCUT2D eigenvalue weighted by Gasteiger charge is 2.53. The minimum absolute atomic E-state index is 0.0579. The van der Waals surface area contributed by atoms with Gasteiger partial charge in [0, 0.05) is 18.7 Å². The van der Waals surface area contributed by atoms with Crippen molar-refractivity contribution in [2.24, 2.45) is 11.0 Å². The van der Waals surface area contributed by atoms with Gasteiger partial charge in [-0.3, -0.25) is 14.2 Å². The molecular formula is C24H22ClF5N6O3S. The van der Waals surface area contributed by atoms with Gasteiger partial charge in [0.2, 0.25) is 0 Å². The van der Waals surface area contributed by atoms with Gasteiger partial charge in [-0.05, 0) is 43.0 Å². The molecule has 1 aliphatic carbocycles. The molecule has 1 aliphatic heterocycles. The summed E-state index contributed by atoms with van der Waals surface area (Å²) in [4.78, 5) is 17.2. The molecule has 5 rings (SSSR count). The first kappa shape index (κ1) is 28.1. The number of hydrogen-bond acceptors (Lipinski definition) is 6. The third kappa shape index (κ3) is 5.07.